The van der Waals surface area contributed by atoms with Crippen molar-refractivity contribution in [3.05, 3.63) is 59.6 Å². The van der Waals surface area contributed by atoms with E-state index in [0.29, 0.717) is 11.6 Å². The number of aromatic nitrogens is 2. The maximum atomic E-state index is 14.0. The molecule has 0 saturated heterocycles. The molecule has 5 nitrogen and oxygen atoms in total. The number of ether oxygens (including phenoxy) is 1. The maximum absolute atomic E-state index is 14.0. The third kappa shape index (κ3) is 4.77. The summed E-state index contributed by atoms with van der Waals surface area (Å²) in [5.74, 6) is 0.0357. The molecule has 0 radical (unpaired) electrons. The predicted molar refractivity (Wildman–Crippen MR) is 105 cm³/mol. The van der Waals surface area contributed by atoms with Crippen molar-refractivity contribution in [1.29, 1.82) is 0 Å². The zero-order valence-corrected chi connectivity index (χ0v) is 16.1. The summed E-state index contributed by atoms with van der Waals surface area (Å²) >= 11 is 1.47. The highest BCUT2D eigenvalue weighted by Gasteiger charge is 2.18. The average Bonchev–Trinajstić information content (AvgIpc) is 2.62. The molecule has 1 aliphatic heterocycles. The van der Waals surface area contributed by atoms with Gasteiger partial charge in [-0.1, -0.05) is 30.5 Å². The molecule has 0 saturated carbocycles. The van der Waals surface area contributed by atoms with E-state index in [1.165, 1.54) is 24.2 Å². The van der Waals surface area contributed by atoms with Gasteiger partial charge in [-0.2, -0.15) is 0 Å². The lowest BCUT2D eigenvalue weighted by Crippen LogP contribution is -2.17. The number of benzene rings is 1. The summed E-state index contributed by atoms with van der Waals surface area (Å²) in [6.07, 6.45) is 5.44. The first kappa shape index (κ1) is 19.2. The number of likely N-dealkylation sites (N-methyl/N-ethyl adjacent to an activating group) is 1. The number of hydrogen-bond acceptors (Lipinski definition) is 6. The molecule has 0 spiro atoms. The second-order valence-corrected chi connectivity index (χ2v) is 7.18. The molecular formula is C19H20F2N4OS. The van der Waals surface area contributed by atoms with Crippen molar-refractivity contribution in [2.24, 2.45) is 0 Å². The molecule has 27 heavy (non-hydrogen) atoms. The quantitative estimate of drug-likeness (QED) is 0.711. The zero-order valence-electron chi connectivity index (χ0n) is 15.3. The van der Waals surface area contributed by atoms with Gasteiger partial charge in [0.15, 0.2) is 17.3 Å². The van der Waals surface area contributed by atoms with E-state index in [9.17, 15) is 8.78 Å². The average molecular weight is 390 g/mol. The van der Waals surface area contributed by atoms with E-state index in [2.05, 4.69) is 14.7 Å². The summed E-state index contributed by atoms with van der Waals surface area (Å²) in [5.41, 5.74) is 2.51. The van der Waals surface area contributed by atoms with Crippen LogP contribution in [0.4, 0.5) is 14.7 Å². The molecule has 2 aromatic rings. The largest absolute Gasteiger partial charge is 0.450 e. The minimum absolute atomic E-state index is 0.0876. The molecule has 8 heteroatoms. The van der Waals surface area contributed by atoms with Crippen molar-refractivity contribution >= 4 is 23.5 Å². The normalized spacial score (nSPS) is 13.9. The van der Waals surface area contributed by atoms with Gasteiger partial charge in [0.05, 0.1) is 6.20 Å². The van der Waals surface area contributed by atoms with Gasteiger partial charge in [-0.3, -0.25) is 4.72 Å². The zero-order chi connectivity index (χ0) is 19.4. The molecule has 1 aromatic heterocycles. The van der Waals surface area contributed by atoms with Gasteiger partial charge >= 0.3 is 0 Å². The molecule has 0 aliphatic carbocycles. The minimum atomic E-state index is -0.786. The van der Waals surface area contributed by atoms with Crippen molar-refractivity contribution in [3.63, 3.8) is 0 Å². The van der Waals surface area contributed by atoms with Crippen LogP contribution in [0.3, 0.4) is 0 Å². The lowest BCUT2D eigenvalue weighted by molar-refractivity contribution is 0.433. The van der Waals surface area contributed by atoms with Gasteiger partial charge < -0.3 is 9.64 Å². The number of halogens is 2. The van der Waals surface area contributed by atoms with E-state index in [1.807, 2.05) is 38.1 Å². The first-order chi connectivity index (χ1) is 13.0. The van der Waals surface area contributed by atoms with E-state index >= 15 is 0 Å². The van der Waals surface area contributed by atoms with Gasteiger partial charge in [-0.05, 0) is 19.1 Å². The van der Waals surface area contributed by atoms with Crippen molar-refractivity contribution in [1.82, 2.24) is 14.9 Å². The molecular weight excluding hydrogens is 370 g/mol. The second-order valence-electron chi connectivity index (χ2n) is 6.11. The smallest absolute Gasteiger partial charge is 0.233 e. The van der Waals surface area contributed by atoms with Crippen LogP contribution in [0.1, 0.15) is 19.5 Å². The molecule has 1 aromatic carbocycles. The fourth-order valence-electron chi connectivity index (χ4n) is 2.67. The van der Waals surface area contributed by atoms with E-state index in [-0.39, 0.29) is 11.5 Å². The molecule has 0 unspecified atom stereocenters. The lowest BCUT2D eigenvalue weighted by Gasteiger charge is -2.22. The number of nitrogens with one attached hydrogen (secondary N) is 1. The predicted octanol–water partition coefficient (Wildman–Crippen LogP) is 4.86. The van der Waals surface area contributed by atoms with Crippen LogP contribution in [0.2, 0.25) is 0 Å². The van der Waals surface area contributed by atoms with Crippen LogP contribution in [0.25, 0.3) is 5.57 Å². The van der Waals surface area contributed by atoms with Gasteiger partial charge in [0.1, 0.15) is 11.5 Å². The highest BCUT2D eigenvalue weighted by molar-refractivity contribution is 8.00. The molecule has 1 aliphatic rings. The first-order valence-electron chi connectivity index (χ1n) is 8.43. The van der Waals surface area contributed by atoms with Crippen molar-refractivity contribution in [2.75, 3.05) is 24.1 Å². The summed E-state index contributed by atoms with van der Waals surface area (Å²) in [5, 5.41) is 0. The number of rotatable bonds is 6. The number of hydrogen-bond donors (Lipinski definition) is 1. The van der Waals surface area contributed by atoms with Crippen LogP contribution in [0.5, 0.6) is 11.5 Å². The number of allylic oxidation sites excluding steroid dienone is 2. The highest BCUT2D eigenvalue weighted by atomic mass is 32.2. The first-order valence-corrected chi connectivity index (χ1v) is 9.42. The number of nitrogens with zero attached hydrogens (tertiary/aromatic N) is 3. The standard InChI is InChI=1S/C19H20F2N4OS/c1-4-27-24-19-22-9-17(26-16-6-5-14(20)8-15(16)21)18(23-19)13-7-12(2)10-25(3)11-13/h5-9,11H,4,10H2,1-3H3,(H,22,23,24). The Labute approximate surface area is 161 Å². The minimum Gasteiger partial charge on any atom is -0.450 e. The summed E-state index contributed by atoms with van der Waals surface area (Å²) in [7, 11) is 1.96. The summed E-state index contributed by atoms with van der Waals surface area (Å²) in [6, 6.07) is 3.17. The van der Waals surface area contributed by atoms with Gasteiger partial charge in [0, 0.05) is 37.2 Å². The Balaban J connectivity index is 2.02. The van der Waals surface area contributed by atoms with Crippen LogP contribution in [-0.4, -0.2) is 34.2 Å². The van der Waals surface area contributed by atoms with Crippen molar-refractivity contribution in [3.8, 4) is 11.5 Å². The summed E-state index contributed by atoms with van der Waals surface area (Å²) in [6.45, 7) is 4.85. The Bertz CT molecular complexity index is 901. The molecule has 2 heterocycles. The van der Waals surface area contributed by atoms with Crippen molar-refractivity contribution < 1.29 is 13.5 Å². The van der Waals surface area contributed by atoms with Gasteiger partial charge in [0.25, 0.3) is 0 Å². The fraction of sp³-hybridized carbons (Fsp3) is 0.263. The van der Waals surface area contributed by atoms with Gasteiger partial charge in [0.2, 0.25) is 5.95 Å². The Morgan fingerprint density at radius 1 is 1.30 bits per heavy atom. The maximum Gasteiger partial charge on any atom is 0.233 e. The van der Waals surface area contributed by atoms with Crippen LogP contribution in [-0.2, 0) is 0 Å². The summed E-state index contributed by atoms with van der Waals surface area (Å²) in [4.78, 5) is 10.8. The molecule has 3 rings (SSSR count). The lowest BCUT2D eigenvalue weighted by atomic mass is 10.1. The van der Waals surface area contributed by atoms with E-state index in [1.54, 1.807) is 0 Å². The highest BCUT2D eigenvalue weighted by Crippen LogP contribution is 2.33. The molecule has 0 amide bonds. The number of anilines is 1. The third-order valence-electron chi connectivity index (χ3n) is 3.71. The van der Waals surface area contributed by atoms with E-state index in [4.69, 9.17) is 4.74 Å². The Kier molecular flexibility index (Phi) is 5.95. The molecule has 0 atom stereocenters. The van der Waals surface area contributed by atoms with Gasteiger partial charge in [-0.15, -0.1) is 0 Å². The van der Waals surface area contributed by atoms with Crippen LogP contribution in [0, 0.1) is 11.6 Å². The molecule has 0 bridgehead atoms. The second kappa shape index (κ2) is 8.39. The SMILES string of the molecule is CCSNc1ncc(Oc2ccc(F)cc2F)c(C2=CN(C)CC(C)=C2)n1. The third-order valence-corrected chi connectivity index (χ3v) is 4.33. The van der Waals surface area contributed by atoms with Crippen molar-refractivity contribution in [2.45, 2.75) is 13.8 Å². The molecule has 142 valence electrons. The topological polar surface area (TPSA) is 50.3 Å². The van der Waals surface area contributed by atoms with Crippen LogP contribution >= 0.6 is 11.9 Å². The monoisotopic (exact) mass is 390 g/mol. The van der Waals surface area contributed by atoms with Gasteiger partial charge in [-0.25, -0.2) is 18.7 Å². The van der Waals surface area contributed by atoms with Crippen LogP contribution < -0.4 is 9.46 Å². The summed E-state index contributed by atoms with van der Waals surface area (Å²) < 4.78 is 35.9. The Morgan fingerprint density at radius 2 is 2.11 bits per heavy atom. The molecule has 1 N–H and O–H groups in total. The van der Waals surface area contributed by atoms with E-state index in [0.717, 1.165) is 35.6 Å². The van der Waals surface area contributed by atoms with Crippen LogP contribution in [0.15, 0.2) is 42.2 Å². The Hall–Kier alpha value is -2.61. The fourth-order valence-corrected chi connectivity index (χ4v) is 3.04. The molecule has 0 fully saturated rings. The van der Waals surface area contributed by atoms with E-state index < -0.39 is 11.6 Å². The Morgan fingerprint density at radius 3 is 2.81 bits per heavy atom.